The standard InChI is InChI=1S/C6H16Si.C4H6O2/c1-4-5-6-7(2)3;1-3-4(5)6-2/h7H,4-6H2,1-3H3;3H,1H2,2H3. The number of esters is 1. The van der Waals surface area contributed by atoms with Gasteiger partial charge in [0.1, 0.15) is 0 Å². The van der Waals surface area contributed by atoms with E-state index >= 15 is 0 Å². The molecule has 0 radical (unpaired) electrons. The van der Waals surface area contributed by atoms with Gasteiger partial charge in [0.05, 0.1) is 7.11 Å². The van der Waals surface area contributed by atoms with Gasteiger partial charge in [0.2, 0.25) is 0 Å². The van der Waals surface area contributed by atoms with Crippen LogP contribution in [0.25, 0.3) is 0 Å². The maximum absolute atomic E-state index is 9.84. The van der Waals surface area contributed by atoms with Crippen molar-refractivity contribution >= 4 is 14.8 Å². The molecule has 0 atom stereocenters. The normalized spacial score (nSPS) is 8.69. The average molecular weight is 202 g/mol. The van der Waals surface area contributed by atoms with Gasteiger partial charge in [-0.15, -0.1) is 0 Å². The number of ether oxygens (including phenoxy) is 1. The van der Waals surface area contributed by atoms with Crippen molar-refractivity contribution in [3.63, 3.8) is 0 Å². The first-order chi connectivity index (χ1) is 6.08. The largest absolute Gasteiger partial charge is 0.466 e. The second-order valence-electron chi connectivity index (χ2n) is 3.26. The quantitative estimate of drug-likeness (QED) is 0.398. The fraction of sp³-hybridized carbons (Fsp3) is 0.700. The van der Waals surface area contributed by atoms with Crippen LogP contribution >= 0.6 is 0 Å². The van der Waals surface area contributed by atoms with Crippen LogP contribution in [0.1, 0.15) is 19.8 Å². The molecule has 0 aliphatic heterocycles. The van der Waals surface area contributed by atoms with E-state index in [1.807, 2.05) is 0 Å². The van der Waals surface area contributed by atoms with Crippen LogP contribution in [0, 0.1) is 0 Å². The number of unbranched alkanes of at least 4 members (excludes halogenated alkanes) is 1. The van der Waals surface area contributed by atoms with Crippen molar-refractivity contribution in [3.05, 3.63) is 12.7 Å². The predicted octanol–water partition coefficient (Wildman–Crippen LogP) is 2.62. The van der Waals surface area contributed by atoms with Gasteiger partial charge in [0.25, 0.3) is 0 Å². The molecule has 0 saturated heterocycles. The first-order valence-corrected chi connectivity index (χ1v) is 7.91. The van der Waals surface area contributed by atoms with E-state index in [1.165, 1.54) is 26.0 Å². The third-order valence-electron chi connectivity index (χ3n) is 1.50. The Balaban J connectivity index is 0. The topological polar surface area (TPSA) is 26.3 Å². The Hall–Kier alpha value is -0.573. The smallest absolute Gasteiger partial charge is 0.329 e. The zero-order valence-electron chi connectivity index (χ0n) is 9.30. The SMILES string of the molecule is C=CC(=O)OC.CCCC[SiH](C)C. The van der Waals surface area contributed by atoms with Gasteiger partial charge in [0, 0.05) is 14.9 Å². The zero-order chi connectivity index (χ0) is 10.7. The van der Waals surface area contributed by atoms with Crippen LogP contribution in [-0.2, 0) is 9.53 Å². The third kappa shape index (κ3) is 18.4. The first-order valence-electron chi connectivity index (χ1n) is 4.78. The Morgan fingerprint density at radius 2 is 2.08 bits per heavy atom. The first kappa shape index (κ1) is 14.9. The average Bonchev–Trinajstić information content (AvgIpc) is 2.14. The molecule has 0 saturated carbocycles. The molecule has 0 aromatic carbocycles. The van der Waals surface area contributed by atoms with Gasteiger partial charge in [-0.2, -0.15) is 0 Å². The molecular formula is C10H22O2Si. The monoisotopic (exact) mass is 202 g/mol. The molecule has 78 valence electrons. The van der Waals surface area contributed by atoms with Gasteiger partial charge < -0.3 is 4.74 Å². The van der Waals surface area contributed by atoms with Gasteiger partial charge >= 0.3 is 5.97 Å². The van der Waals surface area contributed by atoms with Gasteiger partial charge in [-0.1, -0.05) is 45.5 Å². The van der Waals surface area contributed by atoms with Crippen molar-refractivity contribution in [1.29, 1.82) is 0 Å². The van der Waals surface area contributed by atoms with Gasteiger partial charge in [-0.05, 0) is 0 Å². The van der Waals surface area contributed by atoms with E-state index in [4.69, 9.17) is 0 Å². The summed E-state index contributed by atoms with van der Waals surface area (Å²) < 4.78 is 4.14. The summed E-state index contributed by atoms with van der Waals surface area (Å²) in [5.41, 5.74) is 0. The molecule has 0 spiro atoms. The summed E-state index contributed by atoms with van der Waals surface area (Å²) in [4.78, 5) is 9.84. The Bertz CT molecular complexity index is 133. The van der Waals surface area contributed by atoms with Crippen LogP contribution in [0.15, 0.2) is 12.7 Å². The molecule has 0 aliphatic rings. The number of methoxy groups -OCH3 is 1. The van der Waals surface area contributed by atoms with Crippen LogP contribution in [0.2, 0.25) is 19.1 Å². The fourth-order valence-electron chi connectivity index (χ4n) is 0.696. The van der Waals surface area contributed by atoms with Gasteiger partial charge in [0.15, 0.2) is 0 Å². The molecular weight excluding hydrogens is 180 g/mol. The van der Waals surface area contributed by atoms with Gasteiger partial charge in [-0.3, -0.25) is 0 Å². The minimum atomic E-state index is -0.394. The van der Waals surface area contributed by atoms with Crippen molar-refractivity contribution in [3.8, 4) is 0 Å². The summed E-state index contributed by atoms with van der Waals surface area (Å²) in [6, 6.07) is 1.54. The summed E-state index contributed by atoms with van der Waals surface area (Å²) in [6.07, 6.45) is 3.95. The van der Waals surface area contributed by atoms with E-state index in [1.54, 1.807) is 0 Å². The zero-order valence-corrected chi connectivity index (χ0v) is 10.5. The Morgan fingerprint density at radius 3 is 2.15 bits per heavy atom. The summed E-state index contributed by atoms with van der Waals surface area (Å²) >= 11 is 0. The highest BCUT2D eigenvalue weighted by Gasteiger charge is 1.90. The molecule has 0 N–H and O–H groups in total. The molecule has 2 nitrogen and oxygen atoms in total. The minimum Gasteiger partial charge on any atom is -0.466 e. The Morgan fingerprint density at radius 1 is 1.54 bits per heavy atom. The molecule has 3 heteroatoms. The van der Waals surface area contributed by atoms with Crippen molar-refractivity contribution in [2.24, 2.45) is 0 Å². The van der Waals surface area contributed by atoms with Crippen LogP contribution in [0.4, 0.5) is 0 Å². The lowest BCUT2D eigenvalue weighted by Crippen LogP contribution is -1.96. The molecule has 0 unspecified atom stereocenters. The van der Waals surface area contributed by atoms with Crippen molar-refractivity contribution in [1.82, 2.24) is 0 Å². The number of hydrogen-bond donors (Lipinski definition) is 0. The molecule has 13 heavy (non-hydrogen) atoms. The molecule has 0 aromatic rings. The number of carbonyl (C=O) groups excluding carboxylic acids is 1. The summed E-state index contributed by atoms with van der Waals surface area (Å²) in [7, 11) is 1.12. The van der Waals surface area contributed by atoms with Crippen molar-refractivity contribution < 1.29 is 9.53 Å². The molecule has 0 heterocycles. The van der Waals surface area contributed by atoms with Crippen LogP contribution < -0.4 is 0 Å². The predicted molar refractivity (Wildman–Crippen MR) is 60.8 cm³/mol. The van der Waals surface area contributed by atoms with E-state index < -0.39 is 5.97 Å². The summed E-state index contributed by atoms with van der Waals surface area (Å²) in [5, 5.41) is 0. The molecule has 0 fully saturated rings. The molecule has 0 rings (SSSR count). The van der Waals surface area contributed by atoms with Crippen LogP contribution in [0.3, 0.4) is 0 Å². The highest BCUT2D eigenvalue weighted by molar-refractivity contribution is 6.55. The molecule has 0 amide bonds. The molecule has 0 aromatic heterocycles. The lowest BCUT2D eigenvalue weighted by Gasteiger charge is -1.97. The summed E-state index contributed by atoms with van der Waals surface area (Å²) in [6.45, 7) is 10.2. The van der Waals surface area contributed by atoms with Crippen molar-refractivity contribution in [2.75, 3.05) is 7.11 Å². The highest BCUT2D eigenvalue weighted by Crippen LogP contribution is 1.98. The maximum Gasteiger partial charge on any atom is 0.329 e. The van der Waals surface area contributed by atoms with E-state index in [0.717, 1.165) is 6.08 Å². The molecule has 0 bridgehead atoms. The van der Waals surface area contributed by atoms with Crippen LogP contribution in [0.5, 0.6) is 0 Å². The molecule has 0 aliphatic carbocycles. The maximum atomic E-state index is 9.84. The Labute approximate surface area is 83.6 Å². The Kier molecular flexibility index (Phi) is 13.1. The fourth-order valence-corrected chi connectivity index (χ4v) is 1.92. The highest BCUT2D eigenvalue weighted by atomic mass is 28.3. The van der Waals surface area contributed by atoms with Crippen molar-refractivity contribution in [2.45, 2.75) is 38.9 Å². The third-order valence-corrected chi connectivity index (χ3v) is 3.07. The summed E-state index contributed by atoms with van der Waals surface area (Å²) in [5.74, 6) is -0.394. The lowest BCUT2D eigenvalue weighted by molar-refractivity contribution is -0.134. The van der Waals surface area contributed by atoms with Gasteiger partial charge in [-0.25, -0.2) is 4.79 Å². The van der Waals surface area contributed by atoms with E-state index in [2.05, 4.69) is 31.3 Å². The lowest BCUT2D eigenvalue weighted by atomic mass is 10.4. The van der Waals surface area contributed by atoms with E-state index in [-0.39, 0.29) is 8.80 Å². The van der Waals surface area contributed by atoms with Crippen LogP contribution in [-0.4, -0.2) is 21.9 Å². The number of rotatable bonds is 4. The number of hydrogen-bond acceptors (Lipinski definition) is 2. The van der Waals surface area contributed by atoms with E-state index in [9.17, 15) is 4.79 Å². The second-order valence-corrected chi connectivity index (χ2v) is 6.63. The minimum absolute atomic E-state index is 0.188. The second kappa shape index (κ2) is 11.4. The number of carbonyl (C=O) groups is 1. The van der Waals surface area contributed by atoms with E-state index in [0.29, 0.717) is 0 Å².